The number of piperidine rings is 1. The second-order valence-corrected chi connectivity index (χ2v) is 7.77. The molecule has 2 N–H and O–H groups in total. The minimum atomic E-state index is -0.579. The van der Waals surface area contributed by atoms with Crippen LogP contribution in [0, 0.1) is 0 Å². The van der Waals surface area contributed by atoms with Crippen LogP contribution < -0.4 is 0 Å². The van der Waals surface area contributed by atoms with Crippen molar-refractivity contribution in [2.75, 3.05) is 20.1 Å². The molecule has 2 aromatic rings. The Bertz CT molecular complexity index is 731. The van der Waals surface area contributed by atoms with Gasteiger partial charge in [0.2, 0.25) is 0 Å². The number of fused-ring (bicyclic) bond motifs is 1. The van der Waals surface area contributed by atoms with E-state index in [2.05, 4.69) is 47.4 Å². The maximum atomic E-state index is 10.5. The van der Waals surface area contributed by atoms with E-state index >= 15 is 0 Å². The quantitative estimate of drug-likeness (QED) is 0.884. The van der Waals surface area contributed by atoms with Gasteiger partial charge >= 0.3 is 0 Å². The number of rotatable bonds is 3. The first-order chi connectivity index (χ1) is 11.6. The molecule has 4 rings (SSSR count). The molecule has 2 aliphatic rings. The van der Waals surface area contributed by atoms with Gasteiger partial charge in [-0.25, -0.2) is 0 Å². The Morgan fingerprint density at radius 3 is 2.71 bits per heavy atom. The number of hydrogen-bond acceptors (Lipinski definition) is 2. The van der Waals surface area contributed by atoms with Crippen molar-refractivity contribution >= 4 is 17.0 Å². The van der Waals surface area contributed by atoms with Gasteiger partial charge in [-0.2, -0.15) is 0 Å². The van der Waals surface area contributed by atoms with E-state index in [4.69, 9.17) is 0 Å². The Morgan fingerprint density at radius 1 is 1.21 bits per heavy atom. The Kier molecular flexibility index (Phi) is 4.23. The van der Waals surface area contributed by atoms with Gasteiger partial charge in [-0.05, 0) is 75.0 Å². The number of aromatic amines is 1. The summed E-state index contributed by atoms with van der Waals surface area (Å²) < 4.78 is 0. The predicted molar refractivity (Wildman–Crippen MR) is 100 cm³/mol. The van der Waals surface area contributed by atoms with Crippen LogP contribution in [0.5, 0.6) is 0 Å². The molecule has 3 heteroatoms. The van der Waals surface area contributed by atoms with Crippen molar-refractivity contribution in [2.45, 2.75) is 50.0 Å². The lowest BCUT2D eigenvalue weighted by atomic mass is 9.89. The van der Waals surface area contributed by atoms with Gasteiger partial charge in [-0.15, -0.1) is 0 Å². The van der Waals surface area contributed by atoms with Crippen LogP contribution in [-0.2, 0) is 0 Å². The highest BCUT2D eigenvalue weighted by Crippen LogP contribution is 2.34. The number of hydrogen-bond donors (Lipinski definition) is 2. The van der Waals surface area contributed by atoms with Crippen LogP contribution in [0.2, 0.25) is 0 Å². The summed E-state index contributed by atoms with van der Waals surface area (Å²) >= 11 is 0. The molecular formula is C21H28N2O. The molecule has 1 saturated carbocycles. The van der Waals surface area contributed by atoms with Crippen molar-refractivity contribution in [1.82, 2.24) is 9.88 Å². The Labute approximate surface area is 144 Å². The summed E-state index contributed by atoms with van der Waals surface area (Å²) in [5, 5.41) is 11.9. The molecule has 128 valence electrons. The van der Waals surface area contributed by atoms with Gasteiger partial charge < -0.3 is 15.0 Å². The minimum Gasteiger partial charge on any atom is -0.386 e. The third-order valence-corrected chi connectivity index (χ3v) is 5.95. The first-order valence-corrected chi connectivity index (χ1v) is 9.34. The third-order valence-electron chi connectivity index (χ3n) is 5.95. The molecule has 2 heterocycles. The van der Waals surface area contributed by atoms with E-state index in [1.807, 2.05) is 6.08 Å². The second kappa shape index (κ2) is 6.38. The molecule has 0 bridgehead atoms. The number of benzene rings is 1. The summed E-state index contributed by atoms with van der Waals surface area (Å²) in [5.74, 6) is 0.660. The van der Waals surface area contributed by atoms with Crippen molar-refractivity contribution in [1.29, 1.82) is 0 Å². The molecule has 0 spiro atoms. The van der Waals surface area contributed by atoms with Crippen LogP contribution in [0.1, 0.15) is 55.6 Å². The average molecular weight is 324 g/mol. The lowest BCUT2D eigenvalue weighted by molar-refractivity contribution is 0.100. The highest BCUT2D eigenvalue weighted by molar-refractivity contribution is 5.86. The smallest absolute Gasteiger partial charge is 0.0830 e. The first kappa shape index (κ1) is 15.9. The monoisotopic (exact) mass is 324 g/mol. The summed E-state index contributed by atoms with van der Waals surface area (Å²) in [4.78, 5) is 5.86. The van der Waals surface area contributed by atoms with Crippen molar-refractivity contribution in [2.24, 2.45) is 0 Å². The molecule has 0 radical (unpaired) electrons. The molecule has 0 atom stereocenters. The van der Waals surface area contributed by atoms with Crippen LogP contribution in [0.25, 0.3) is 17.0 Å². The maximum Gasteiger partial charge on any atom is 0.0830 e. The average Bonchev–Trinajstić information content (AvgIpc) is 3.20. The van der Waals surface area contributed by atoms with Crippen LogP contribution in [0.15, 0.2) is 30.5 Å². The molecule has 24 heavy (non-hydrogen) atoms. The zero-order valence-electron chi connectivity index (χ0n) is 14.6. The number of likely N-dealkylation sites (tertiary alicyclic amines) is 1. The third kappa shape index (κ3) is 3.15. The molecule has 1 aliphatic heterocycles. The highest BCUT2D eigenvalue weighted by atomic mass is 16.3. The maximum absolute atomic E-state index is 10.5. The van der Waals surface area contributed by atoms with Crippen LogP contribution in [0.3, 0.4) is 0 Å². The van der Waals surface area contributed by atoms with Crippen molar-refractivity contribution in [3.05, 3.63) is 41.6 Å². The molecule has 3 nitrogen and oxygen atoms in total. The summed E-state index contributed by atoms with van der Waals surface area (Å²) in [7, 11) is 2.21. The van der Waals surface area contributed by atoms with Crippen molar-refractivity contribution in [3.8, 4) is 0 Å². The van der Waals surface area contributed by atoms with Crippen LogP contribution in [-0.4, -0.2) is 40.7 Å². The molecule has 1 aromatic heterocycles. The zero-order valence-corrected chi connectivity index (χ0v) is 14.6. The van der Waals surface area contributed by atoms with E-state index in [-0.39, 0.29) is 0 Å². The van der Waals surface area contributed by atoms with Gasteiger partial charge in [0.15, 0.2) is 0 Å². The summed E-state index contributed by atoms with van der Waals surface area (Å²) in [5.41, 5.74) is 3.30. The lowest BCUT2D eigenvalue weighted by Gasteiger charge is -2.28. The van der Waals surface area contributed by atoms with Crippen LogP contribution in [0.4, 0.5) is 0 Å². The fraction of sp³-hybridized carbons (Fsp3) is 0.524. The Morgan fingerprint density at radius 2 is 1.96 bits per heavy atom. The van der Waals surface area contributed by atoms with E-state index in [1.165, 1.54) is 48.0 Å². The SMILES string of the molecule is CN1CCC(c2c[nH]c3ccc(C=CC4(O)CCCC4)cc23)CC1. The van der Waals surface area contributed by atoms with Gasteiger partial charge in [0.1, 0.15) is 0 Å². The molecular weight excluding hydrogens is 296 g/mol. The van der Waals surface area contributed by atoms with Gasteiger partial charge in [-0.1, -0.05) is 31.1 Å². The Balaban J connectivity index is 1.60. The molecule has 0 amide bonds. The van der Waals surface area contributed by atoms with Gasteiger partial charge in [0.05, 0.1) is 5.60 Å². The van der Waals surface area contributed by atoms with E-state index < -0.39 is 5.60 Å². The number of aromatic nitrogens is 1. The fourth-order valence-electron chi connectivity index (χ4n) is 4.33. The predicted octanol–water partition coefficient (Wildman–Crippen LogP) is 4.30. The van der Waals surface area contributed by atoms with Crippen LogP contribution >= 0.6 is 0 Å². The highest BCUT2D eigenvalue weighted by Gasteiger charge is 2.27. The van der Waals surface area contributed by atoms with E-state index in [0.717, 1.165) is 25.7 Å². The number of aliphatic hydroxyl groups is 1. The van der Waals surface area contributed by atoms with E-state index in [9.17, 15) is 5.11 Å². The van der Waals surface area contributed by atoms with Gasteiger partial charge in [0, 0.05) is 17.1 Å². The number of nitrogens with zero attached hydrogens (tertiary/aromatic N) is 1. The first-order valence-electron chi connectivity index (χ1n) is 9.34. The summed E-state index contributed by atoms with van der Waals surface area (Å²) in [6.07, 6.45) is 12.9. The second-order valence-electron chi connectivity index (χ2n) is 7.77. The topological polar surface area (TPSA) is 39.3 Å². The molecule has 1 aliphatic carbocycles. The normalized spacial score (nSPS) is 22.8. The van der Waals surface area contributed by atoms with Crippen molar-refractivity contribution in [3.63, 3.8) is 0 Å². The molecule has 2 fully saturated rings. The molecule has 0 unspecified atom stereocenters. The molecule has 1 saturated heterocycles. The van der Waals surface area contributed by atoms with Gasteiger partial charge in [0.25, 0.3) is 0 Å². The number of nitrogens with one attached hydrogen (secondary N) is 1. The lowest BCUT2D eigenvalue weighted by Crippen LogP contribution is -2.29. The Hall–Kier alpha value is -1.58. The van der Waals surface area contributed by atoms with Gasteiger partial charge in [-0.3, -0.25) is 0 Å². The minimum absolute atomic E-state index is 0.579. The zero-order chi connectivity index (χ0) is 16.6. The van der Waals surface area contributed by atoms with E-state index in [1.54, 1.807) is 0 Å². The number of H-pyrrole nitrogens is 1. The summed E-state index contributed by atoms with van der Waals surface area (Å²) in [6.45, 7) is 2.37. The van der Waals surface area contributed by atoms with E-state index in [0.29, 0.717) is 5.92 Å². The largest absolute Gasteiger partial charge is 0.386 e. The van der Waals surface area contributed by atoms with Crippen molar-refractivity contribution < 1.29 is 5.11 Å². The fourth-order valence-corrected chi connectivity index (χ4v) is 4.33. The summed E-state index contributed by atoms with van der Waals surface area (Å²) in [6, 6.07) is 6.60. The molecule has 1 aromatic carbocycles. The standard InChI is InChI=1S/C21H28N2O/c1-23-12-7-17(8-13-23)19-15-22-20-5-4-16(14-18(19)20)6-11-21(24)9-2-3-10-21/h4-6,11,14-15,17,22,24H,2-3,7-10,12-13H2,1H3.